The van der Waals surface area contributed by atoms with Gasteiger partial charge < -0.3 is 9.84 Å². The molecule has 19 heavy (non-hydrogen) atoms. The monoisotopic (exact) mass is 295 g/mol. The Morgan fingerprint density at radius 3 is 2.37 bits per heavy atom. The Kier molecular flexibility index (Phi) is 7.54. The Balaban J connectivity index is 4.44. The minimum absolute atomic E-state index is 0.0768. The van der Waals surface area contributed by atoms with Crippen LogP contribution in [0.3, 0.4) is 0 Å². The van der Waals surface area contributed by atoms with Crippen LogP contribution in [0.1, 0.15) is 40.0 Å². The van der Waals surface area contributed by atoms with Crippen LogP contribution in [0.2, 0.25) is 0 Å². The highest BCUT2D eigenvalue weighted by molar-refractivity contribution is 7.89. The molecule has 0 bridgehead atoms. The molecule has 6 nitrogen and oxygen atoms in total. The summed E-state index contributed by atoms with van der Waals surface area (Å²) in [7, 11) is -2.19. The Labute approximate surface area is 115 Å². The molecule has 0 spiro atoms. The third-order valence-corrected chi connectivity index (χ3v) is 4.28. The van der Waals surface area contributed by atoms with Gasteiger partial charge in [-0.15, -0.1) is 0 Å². The van der Waals surface area contributed by atoms with E-state index in [2.05, 4.69) is 9.46 Å². The summed E-state index contributed by atoms with van der Waals surface area (Å²) in [6, 6.07) is -0.333. The average molecular weight is 295 g/mol. The van der Waals surface area contributed by atoms with Crippen LogP contribution in [0.5, 0.6) is 0 Å². The summed E-state index contributed by atoms with van der Waals surface area (Å²) in [6.07, 6.45) is 0.662. The minimum Gasteiger partial charge on any atom is -0.469 e. The van der Waals surface area contributed by atoms with E-state index in [9.17, 15) is 13.2 Å². The lowest BCUT2D eigenvalue weighted by Gasteiger charge is -2.30. The predicted molar refractivity (Wildman–Crippen MR) is 73.1 cm³/mol. The van der Waals surface area contributed by atoms with Gasteiger partial charge in [0.1, 0.15) is 0 Å². The molecular weight excluding hydrogens is 270 g/mol. The van der Waals surface area contributed by atoms with E-state index in [1.165, 1.54) is 7.11 Å². The standard InChI is InChI=1S/C12H25NO5S/c1-12(2,3)10(7-8-14)13-19(16,17)9-5-6-11(15)18-4/h10,13-14H,5-9H2,1-4H3. The third-order valence-electron chi connectivity index (χ3n) is 2.81. The predicted octanol–water partition coefficient (Wildman–Crippen LogP) is 0.656. The van der Waals surface area contributed by atoms with Crippen LogP contribution in [0.4, 0.5) is 0 Å². The second-order valence-electron chi connectivity index (χ2n) is 5.55. The van der Waals surface area contributed by atoms with Crippen molar-refractivity contribution in [3.05, 3.63) is 0 Å². The molecule has 0 aromatic carbocycles. The van der Waals surface area contributed by atoms with Crippen molar-refractivity contribution in [2.75, 3.05) is 19.5 Å². The van der Waals surface area contributed by atoms with Gasteiger partial charge in [0.15, 0.2) is 0 Å². The minimum atomic E-state index is -3.46. The van der Waals surface area contributed by atoms with Crippen LogP contribution in [0.25, 0.3) is 0 Å². The fraction of sp³-hybridized carbons (Fsp3) is 0.917. The summed E-state index contributed by atoms with van der Waals surface area (Å²) in [4.78, 5) is 10.9. The van der Waals surface area contributed by atoms with Gasteiger partial charge in [0.25, 0.3) is 0 Å². The normalized spacial score (nSPS) is 14.2. The molecule has 1 atom stereocenters. The van der Waals surface area contributed by atoms with E-state index in [1.54, 1.807) is 0 Å². The van der Waals surface area contributed by atoms with Gasteiger partial charge in [-0.1, -0.05) is 20.8 Å². The molecule has 2 N–H and O–H groups in total. The van der Waals surface area contributed by atoms with Gasteiger partial charge >= 0.3 is 5.97 Å². The first-order valence-corrected chi connectivity index (χ1v) is 7.95. The Morgan fingerprint density at radius 1 is 1.37 bits per heavy atom. The molecule has 0 radical (unpaired) electrons. The first kappa shape index (κ1) is 18.3. The van der Waals surface area contributed by atoms with Crippen molar-refractivity contribution < 1.29 is 23.1 Å². The number of rotatable bonds is 8. The van der Waals surface area contributed by atoms with Crippen LogP contribution < -0.4 is 4.72 Å². The highest BCUT2D eigenvalue weighted by Crippen LogP contribution is 2.22. The zero-order valence-corrected chi connectivity index (χ0v) is 12.9. The van der Waals surface area contributed by atoms with Gasteiger partial charge in [0.05, 0.1) is 12.9 Å². The number of esters is 1. The molecular formula is C12H25NO5S. The van der Waals surface area contributed by atoms with E-state index in [1.807, 2.05) is 20.8 Å². The van der Waals surface area contributed by atoms with E-state index >= 15 is 0 Å². The number of aliphatic hydroxyl groups excluding tert-OH is 1. The summed E-state index contributed by atoms with van der Waals surface area (Å²) in [5, 5.41) is 8.98. The first-order valence-electron chi connectivity index (χ1n) is 6.30. The highest BCUT2D eigenvalue weighted by Gasteiger charge is 2.28. The van der Waals surface area contributed by atoms with Crippen LogP contribution in [-0.2, 0) is 19.6 Å². The van der Waals surface area contributed by atoms with Crippen molar-refractivity contribution in [2.24, 2.45) is 5.41 Å². The van der Waals surface area contributed by atoms with Crippen molar-refractivity contribution in [2.45, 2.75) is 46.1 Å². The van der Waals surface area contributed by atoms with Gasteiger partial charge in [-0.2, -0.15) is 0 Å². The lowest BCUT2D eigenvalue weighted by molar-refractivity contribution is -0.140. The molecule has 0 saturated carbocycles. The molecule has 0 aliphatic heterocycles. The van der Waals surface area contributed by atoms with Crippen molar-refractivity contribution in [1.29, 1.82) is 0 Å². The molecule has 114 valence electrons. The topological polar surface area (TPSA) is 92.7 Å². The lowest BCUT2D eigenvalue weighted by atomic mass is 9.86. The molecule has 0 aromatic rings. The largest absolute Gasteiger partial charge is 0.469 e. The second-order valence-corrected chi connectivity index (χ2v) is 7.42. The van der Waals surface area contributed by atoms with E-state index in [-0.39, 0.29) is 36.7 Å². The molecule has 0 saturated heterocycles. The van der Waals surface area contributed by atoms with Gasteiger partial charge in [-0.25, -0.2) is 13.1 Å². The molecule has 0 amide bonds. The number of nitrogens with one attached hydrogen (secondary N) is 1. The number of hydrogen-bond donors (Lipinski definition) is 2. The van der Waals surface area contributed by atoms with Crippen molar-refractivity contribution >= 4 is 16.0 Å². The second kappa shape index (κ2) is 7.81. The van der Waals surface area contributed by atoms with Crippen LogP contribution in [0, 0.1) is 5.41 Å². The smallest absolute Gasteiger partial charge is 0.305 e. The van der Waals surface area contributed by atoms with Gasteiger partial charge in [-0.05, 0) is 18.3 Å². The molecule has 0 aliphatic carbocycles. The average Bonchev–Trinajstić information content (AvgIpc) is 2.26. The van der Waals surface area contributed by atoms with E-state index in [0.29, 0.717) is 6.42 Å². The van der Waals surface area contributed by atoms with Crippen LogP contribution in [0.15, 0.2) is 0 Å². The maximum Gasteiger partial charge on any atom is 0.305 e. The molecule has 0 aliphatic rings. The third kappa shape index (κ3) is 8.18. The van der Waals surface area contributed by atoms with Gasteiger partial charge in [0, 0.05) is 19.1 Å². The number of carbonyl (C=O) groups is 1. The number of hydrogen-bond acceptors (Lipinski definition) is 5. The van der Waals surface area contributed by atoms with Crippen molar-refractivity contribution in [3.63, 3.8) is 0 Å². The molecule has 0 aromatic heterocycles. The Hall–Kier alpha value is -0.660. The van der Waals surface area contributed by atoms with Crippen molar-refractivity contribution in [3.8, 4) is 0 Å². The fourth-order valence-corrected chi connectivity index (χ4v) is 3.13. The number of ether oxygens (including phenoxy) is 1. The van der Waals surface area contributed by atoms with Crippen molar-refractivity contribution in [1.82, 2.24) is 4.72 Å². The molecule has 1 unspecified atom stereocenters. The molecule has 0 fully saturated rings. The molecule has 0 heterocycles. The van der Waals surface area contributed by atoms with Gasteiger partial charge in [0.2, 0.25) is 10.0 Å². The van der Waals surface area contributed by atoms with Crippen LogP contribution in [-0.4, -0.2) is 45.0 Å². The quantitative estimate of drug-likeness (QED) is 0.642. The molecule has 7 heteroatoms. The fourth-order valence-electron chi connectivity index (χ4n) is 1.58. The first-order chi connectivity index (χ1) is 8.62. The SMILES string of the molecule is COC(=O)CCCS(=O)(=O)NC(CCO)C(C)(C)C. The summed E-state index contributed by atoms with van der Waals surface area (Å²) >= 11 is 0. The number of carbonyl (C=O) groups excluding carboxylic acids is 1. The van der Waals surface area contributed by atoms with E-state index in [0.717, 1.165) is 0 Å². The van der Waals surface area contributed by atoms with Gasteiger partial charge in [-0.3, -0.25) is 4.79 Å². The zero-order valence-electron chi connectivity index (χ0n) is 12.1. The number of sulfonamides is 1. The molecule has 0 rings (SSSR count). The van der Waals surface area contributed by atoms with E-state index in [4.69, 9.17) is 5.11 Å². The van der Waals surface area contributed by atoms with Crippen LogP contribution >= 0.6 is 0 Å². The summed E-state index contributed by atoms with van der Waals surface area (Å²) < 4.78 is 30.8. The summed E-state index contributed by atoms with van der Waals surface area (Å²) in [6.45, 7) is 5.64. The highest BCUT2D eigenvalue weighted by atomic mass is 32.2. The lowest BCUT2D eigenvalue weighted by Crippen LogP contribution is -2.45. The Bertz CT molecular complexity index is 372. The number of aliphatic hydroxyl groups is 1. The van der Waals surface area contributed by atoms with E-state index < -0.39 is 16.0 Å². The number of methoxy groups -OCH3 is 1. The maximum atomic E-state index is 11.9. The summed E-state index contributed by atoms with van der Waals surface area (Å²) in [5.74, 6) is -0.543. The summed E-state index contributed by atoms with van der Waals surface area (Å²) in [5.41, 5.74) is -0.280. The maximum absolute atomic E-state index is 11.9. The Morgan fingerprint density at radius 2 is 1.95 bits per heavy atom. The zero-order chi connectivity index (χ0) is 15.1.